The number of hydrogen-bond donors (Lipinski definition) is 0. The van der Waals surface area contributed by atoms with Gasteiger partial charge in [-0.3, -0.25) is 0 Å². The standard InChI is InChI=1S/C17H33N/c1-8-9-15(4)10-11-17(6)18(7)13-12-16(5)14(2)3/h14-17H,10-13H2,1-7H3. The van der Waals surface area contributed by atoms with Crippen molar-refractivity contribution < 1.29 is 0 Å². The van der Waals surface area contributed by atoms with E-state index in [0.29, 0.717) is 12.0 Å². The summed E-state index contributed by atoms with van der Waals surface area (Å²) in [7, 11) is 2.26. The number of nitrogens with zero attached hydrogens (tertiary/aromatic N) is 1. The van der Waals surface area contributed by atoms with Gasteiger partial charge in [-0.1, -0.05) is 27.7 Å². The van der Waals surface area contributed by atoms with E-state index in [9.17, 15) is 0 Å². The molecule has 1 nitrogen and oxygen atoms in total. The molecule has 3 atom stereocenters. The molecule has 0 saturated heterocycles. The van der Waals surface area contributed by atoms with Crippen LogP contribution in [0.3, 0.4) is 0 Å². The fraction of sp³-hybridized carbons (Fsp3) is 0.882. The molecule has 106 valence electrons. The summed E-state index contributed by atoms with van der Waals surface area (Å²) in [4.78, 5) is 2.50. The molecule has 0 aromatic carbocycles. The molecule has 1 heteroatoms. The van der Waals surface area contributed by atoms with Crippen LogP contribution in [-0.4, -0.2) is 24.5 Å². The lowest BCUT2D eigenvalue weighted by Crippen LogP contribution is -2.31. The highest BCUT2D eigenvalue weighted by Crippen LogP contribution is 2.16. The van der Waals surface area contributed by atoms with Crippen LogP contribution in [-0.2, 0) is 0 Å². The third kappa shape index (κ3) is 7.77. The largest absolute Gasteiger partial charge is 0.304 e. The van der Waals surface area contributed by atoms with Crippen molar-refractivity contribution in [3.63, 3.8) is 0 Å². The first-order chi connectivity index (χ1) is 8.38. The van der Waals surface area contributed by atoms with Crippen molar-refractivity contribution in [1.29, 1.82) is 0 Å². The average molecular weight is 251 g/mol. The van der Waals surface area contributed by atoms with Gasteiger partial charge in [0.05, 0.1) is 0 Å². The lowest BCUT2D eigenvalue weighted by molar-refractivity contribution is 0.214. The second-order valence-corrected chi connectivity index (χ2v) is 6.21. The molecule has 0 heterocycles. The highest BCUT2D eigenvalue weighted by atomic mass is 15.1. The lowest BCUT2D eigenvalue weighted by atomic mass is 9.94. The second-order valence-electron chi connectivity index (χ2n) is 6.21. The van der Waals surface area contributed by atoms with Crippen LogP contribution in [0.2, 0.25) is 0 Å². The zero-order chi connectivity index (χ0) is 14.1. The van der Waals surface area contributed by atoms with E-state index < -0.39 is 0 Å². The van der Waals surface area contributed by atoms with Crippen molar-refractivity contribution >= 4 is 0 Å². The maximum Gasteiger partial charge on any atom is 0.0175 e. The van der Waals surface area contributed by atoms with E-state index in [0.717, 1.165) is 11.8 Å². The summed E-state index contributed by atoms with van der Waals surface area (Å²) in [6, 6.07) is 0.672. The van der Waals surface area contributed by atoms with Gasteiger partial charge in [0.15, 0.2) is 0 Å². The molecule has 0 spiro atoms. The van der Waals surface area contributed by atoms with Crippen molar-refractivity contribution in [2.24, 2.45) is 17.8 Å². The zero-order valence-electron chi connectivity index (χ0n) is 13.6. The van der Waals surface area contributed by atoms with Gasteiger partial charge in [-0.15, -0.1) is 11.8 Å². The molecule has 0 fully saturated rings. The van der Waals surface area contributed by atoms with E-state index in [1.807, 2.05) is 6.92 Å². The van der Waals surface area contributed by atoms with Crippen molar-refractivity contribution in [3.05, 3.63) is 0 Å². The van der Waals surface area contributed by atoms with Crippen LogP contribution in [0.15, 0.2) is 0 Å². The summed E-state index contributed by atoms with van der Waals surface area (Å²) in [6.45, 7) is 14.7. The van der Waals surface area contributed by atoms with E-state index in [2.05, 4.69) is 58.4 Å². The highest BCUT2D eigenvalue weighted by molar-refractivity contribution is 4.99. The van der Waals surface area contributed by atoms with Gasteiger partial charge >= 0.3 is 0 Å². The van der Waals surface area contributed by atoms with Crippen LogP contribution in [0, 0.1) is 29.6 Å². The predicted octanol–water partition coefficient (Wildman–Crippen LogP) is 4.43. The first-order valence-corrected chi connectivity index (χ1v) is 7.51. The summed E-state index contributed by atoms with van der Waals surface area (Å²) < 4.78 is 0. The third-order valence-corrected chi connectivity index (χ3v) is 4.24. The van der Waals surface area contributed by atoms with Gasteiger partial charge in [-0.2, -0.15) is 0 Å². The molecule has 0 aromatic heterocycles. The van der Waals surface area contributed by atoms with Gasteiger partial charge in [0.1, 0.15) is 0 Å². The summed E-state index contributed by atoms with van der Waals surface area (Å²) in [6.07, 6.45) is 3.78. The Kier molecular flexibility index (Phi) is 9.20. The maximum atomic E-state index is 3.24. The molecule has 0 radical (unpaired) electrons. The van der Waals surface area contributed by atoms with Gasteiger partial charge in [0.25, 0.3) is 0 Å². The Morgan fingerprint density at radius 2 is 1.56 bits per heavy atom. The molecule has 0 rings (SSSR count). The Bertz CT molecular complexity index is 259. The van der Waals surface area contributed by atoms with Gasteiger partial charge in [0, 0.05) is 12.0 Å². The van der Waals surface area contributed by atoms with Crippen molar-refractivity contribution in [1.82, 2.24) is 4.90 Å². The molecule has 0 aliphatic heterocycles. The minimum Gasteiger partial charge on any atom is -0.304 e. The maximum absolute atomic E-state index is 3.24. The van der Waals surface area contributed by atoms with Gasteiger partial charge in [0.2, 0.25) is 0 Å². The third-order valence-electron chi connectivity index (χ3n) is 4.24. The fourth-order valence-corrected chi connectivity index (χ4v) is 1.99. The minimum atomic E-state index is 0.542. The topological polar surface area (TPSA) is 3.24 Å². The van der Waals surface area contributed by atoms with Crippen LogP contribution in [0.1, 0.15) is 60.8 Å². The van der Waals surface area contributed by atoms with E-state index in [1.165, 1.54) is 25.8 Å². The Morgan fingerprint density at radius 1 is 0.944 bits per heavy atom. The van der Waals surface area contributed by atoms with Crippen LogP contribution < -0.4 is 0 Å². The van der Waals surface area contributed by atoms with Crippen LogP contribution in [0.4, 0.5) is 0 Å². The predicted molar refractivity (Wildman–Crippen MR) is 82.6 cm³/mol. The Hall–Kier alpha value is -0.480. The lowest BCUT2D eigenvalue weighted by Gasteiger charge is -2.27. The summed E-state index contributed by atoms with van der Waals surface area (Å²) in [5.41, 5.74) is 0. The molecule has 0 saturated carbocycles. The van der Waals surface area contributed by atoms with Crippen LogP contribution in [0.25, 0.3) is 0 Å². The summed E-state index contributed by atoms with van der Waals surface area (Å²) in [5, 5.41) is 0. The van der Waals surface area contributed by atoms with Crippen molar-refractivity contribution in [2.75, 3.05) is 13.6 Å². The molecule has 0 bridgehead atoms. The minimum absolute atomic E-state index is 0.542. The van der Waals surface area contributed by atoms with E-state index in [4.69, 9.17) is 0 Å². The quantitative estimate of drug-likeness (QED) is 0.577. The monoisotopic (exact) mass is 251 g/mol. The first-order valence-electron chi connectivity index (χ1n) is 7.51. The van der Waals surface area contributed by atoms with Crippen molar-refractivity contribution in [2.45, 2.75) is 66.8 Å². The Labute approximate surface area is 115 Å². The smallest absolute Gasteiger partial charge is 0.0175 e. The van der Waals surface area contributed by atoms with E-state index in [1.54, 1.807) is 0 Å². The van der Waals surface area contributed by atoms with Crippen molar-refractivity contribution in [3.8, 4) is 11.8 Å². The average Bonchev–Trinajstić information content (AvgIpc) is 2.32. The molecule has 0 aliphatic rings. The first kappa shape index (κ1) is 17.5. The molecular weight excluding hydrogens is 218 g/mol. The van der Waals surface area contributed by atoms with Gasteiger partial charge in [-0.05, 0) is 58.5 Å². The number of hydrogen-bond acceptors (Lipinski definition) is 1. The number of rotatable bonds is 8. The second kappa shape index (κ2) is 9.45. The van der Waals surface area contributed by atoms with Crippen LogP contribution >= 0.6 is 0 Å². The normalized spacial score (nSPS) is 16.3. The van der Waals surface area contributed by atoms with E-state index >= 15 is 0 Å². The molecule has 0 N–H and O–H groups in total. The summed E-state index contributed by atoms with van der Waals surface area (Å²) >= 11 is 0. The highest BCUT2D eigenvalue weighted by Gasteiger charge is 2.13. The van der Waals surface area contributed by atoms with Gasteiger partial charge < -0.3 is 4.90 Å². The van der Waals surface area contributed by atoms with Gasteiger partial charge in [-0.25, -0.2) is 0 Å². The van der Waals surface area contributed by atoms with Crippen LogP contribution in [0.5, 0.6) is 0 Å². The molecule has 18 heavy (non-hydrogen) atoms. The SMILES string of the molecule is CC#CC(C)CCC(C)N(C)CCC(C)C(C)C. The molecule has 0 aliphatic carbocycles. The Morgan fingerprint density at radius 3 is 2.06 bits per heavy atom. The summed E-state index contributed by atoms with van der Waals surface area (Å²) in [5.74, 6) is 8.41. The molecule has 3 unspecified atom stereocenters. The Balaban J connectivity index is 3.87. The fourth-order valence-electron chi connectivity index (χ4n) is 1.99. The molecule has 0 amide bonds. The molecule has 0 aromatic rings. The van der Waals surface area contributed by atoms with E-state index in [-0.39, 0.29) is 0 Å². The molecular formula is C17H33N. The zero-order valence-corrected chi connectivity index (χ0v) is 13.6.